The molecule has 0 aliphatic heterocycles. The first-order valence-corrected chi connectivity index (χ1v) is 6.71. The summed E-state index contributed by atoms with van der Waals surface area (Å²) in [5.74, 6) is -0.287. The maximum absolute atomic E-state index is 11.9. The fourth-order valence-electron chi connectivity index (χ4n) is 2.43. The Balaban J connectivity index is 1.79. The van der Waals surface area contributed by atoms with Gasteiger partial charge >= 0.3 is 0 Å². The Kier molecular flexibility index (Phi) is 3.33. The van der Waals surface area contributed by atoms with Crippen LogP contribution in [0.25, 0.3) is 0 Å². The first kappa shape index (κ1) is 12.6. The van der Waals surface area contributed by atoms with Gasteiger partial charge in [0.2, 0.25) is 0 Å². The number of benzene rings is 1. The maximum Gasteiger partial charge on any atom is 0.291 e. The molecule has 1 heterocycles. The fourth-order valence-corrected chi connectivity index (χ4v) is 2.43. The van der Waals surface area contributed by atoms with E-state index in [-0.39, 0.29) is 5.91 Å². The summed E-state index contributed by atoms with van der Waals surface area (Å²) in [6.45, 7) is 1.85. The Bertz CT molecular complexity index is 672. The number of nitrogens with zero attached hydrogens (tertiary/aromatic N) is 2. The van der Waals surface area contributed by atoms with Crippen LogP contribution >= 0.6 is 0 Å². The van der Waals surface area contributed by atoms with Gasteiger partial charge in [0.1, 0.15) is 0 Å². The molecule has 0 spiro atoms. The second-order valence-corrected chi connectivity index (χ2v) is 4.95. The average molecular weight is 268 g/mol. The van der Waals surface area contributed by atoms with E-state index in [0.717, 1.165) is 36.2 Å². The predicted molar refractivity (Wildman–Crippen MR) is 76.7 cm³/mol. The van der Waals surface area contributed by atoms with Crippen LogP contribution in [0.15, 0.2) is 35.4 Å². The van der Waals surface area contributed by atoms with Crippen LogP contribution in [-0.2, 0) is 6.42 Å². The van der Waals surface area contributed by atoms with Gasteiger partial charge in [-0.3, -0.25) is 9.89 Å². The lowest BCUT2D eigenvalue weighted by Crippen LogP contribution is -2.22. The van der Waals surface area contributed by atoms with E-state index in [1.165, 1.54) is 5.56 Å². The second kappa shape index (κ2) is 5.28. The predicted octanol–water partition coefficient (Wildman–Crippen LogP) is 2.19. The summed E-state index contributed by atoms with van der Waals surface area (Å²) < 4.78 is 0. The van der Waals surface area contributed by atoms with Gasteiger partial charge in [-0.25, -0.2) is 5.43 Å². The summed E-state index contributed by atoms with van der Waals surface area (Å²) in [5.41, 5.74) is 7.17. The number of carbonyl (C=O) groups excluding carboxylic acids is 1. The van der Waals surface area contributed by atoms with Gasteiger partial charge in [0, 0.05) is 11.3 Å². The van der Waals surface area contributed by atoms with Gasteiger partial charge in [0.25, 0.3) is 5.91 Å². The number of nitrogens with one attached hydrogen (secondary N) is 2. The lowest BCUT2D eigenvalue weighted by atomic mass is 9.90. The van der Waals surface area contributed by atoms with Crippen molar-refractivity contribution in [1.82, 2.24) is 15.6 Å². The Labute approximate surface area is 117 Å². The number of H-pyrrole nitrogens is 1. The van der Waals surface area contributed by atoms with Crippen LogP contribution in [0.1, 0.15) is 40.2 Å². The van der Waals surface area contributed by atoms with Gasteiger partial charge in [-0.05, 0) is 37.8 Å². The van der Waals surface area contributed by atoms with Crippen molar-refractivity contribution in [1.29, 1.82) is 0 Å². The quantitative estimate of drug-likeness (QED) is 0.820. The van der Waals surface area contributed by atoms with Gasteiger partial charge in [-0.1, -0.05) is 24.3 Å². The van der Waals surface area contributed by atoms with E-state index in [1.807, 2.05) is 19.1 Å². The number of aromatic amines is 1. The highest BCUT2D eigenvalue weighted by atomic mass is 16.2. The fraction of sp³-hybridized carbons (Fsp3) is 0.267. The van der Waals surface area contributed by atoms with Gasteiger partial charge in [0.05, 0.1) is 5.71 Å². The minimum absolute atomic E-state index is 0.287. The summed E-state index contributed by atoms with van der Waals surface area (Å²) in [6, 6.07) is 9.90. The van der Waals surface area contributed by atoms with Crippen LogP contribution < -0.4 is 5.43 Å². The molecule has 102 valence electrons. The van der Waals surface area contributed by atoms with Crippen LogP contribution in [0.3, 0.4) is 0 Å². The molecule has 1 aliphatic rings. The molecule has 2 N–H and O–H groups in total. The minimum atomic E-state index is -0.287. The lowest BCUT2D eigenvalue weighted by molar-refractivity contribution is 0.0949. The Morgan fingerprint density at radius 3 is 3.00 bits per heavy atom. The normalized spacial score (nSPS) is 15.9. The highest BCUT2D eigenvalue weighted by Crippen LogP contribution is 2.21. The monoisotopic (exact) mass is 268 g/mol. The van der Waals surface area contributed by atoms with Crippen molar-refractivity contribution in [2.75, 3.05) is 0 Å². The number of hydrazone groups is 1. The third kappa shape index (κ3) is 2.47. The molecule has 0 radical (unpaired) electrons. The zero-order valence-electron chi connectivity index (χ0n) is 11.3. The third-order valence-electron chi connectivity index (χ3n) is 3.42. The first-order chi connectivity index (χ1) is 9.74. The second-order valence-electron chi connectivity index (χ2n) is 4.95. The molecule has 3 rings (SSSR count). The maximum atomic E-state index is 11.9. The molecular weight excluding hydrogens is 252 g/mol. The van der Waals surface area contributed by atoms with Gasteiger partial charge in [-0.2, -0.15) is 10.2 Å². The van der Waals surface area contributed by atoms with Crippen LogP contribution in [0.4, 0.5) is 0 Å². The van der Waals surface area contributed by atoms with E-state index in [2.05, 4.69) is 32.9 Å². The molecule has 5 heteroatoms. The number of fused-ring (bicyclic) bond motifs is 1. The number of hydrogen-bond donors (Lipinski definition) is 2. The van der Waals surface area contributed by atoms with Crippen LogP contribution in [0.2, 0.25) is 0 Å². The molecule has 0 unspecified atom stereocenters. The van der Waals surface area contributed by atoms with Crippen molar-refractivity contribution in [3.8, 4) is 0 Å². The van der Waals surface area contributed by atoms with Gasteiger partial charge in [0.15, 0.2) is 5.69 Å². The summed E-state index contributed by atoms with van der Waals surface area (Å²) in [6.07, 6.45) is 3.02. The topological polar surface area (TPSA) is 70.1 Å². The van der Waals surface area contributed by atoms with Crippen molar-refractivity contribution >= 4 is 11.6 Å². The Morgan fingerprint density at radius 1 is 1.35 bits per heavy atom. The van der Waals surface area contributed by atoms with Crippen molar-refractivity contribution < 1.29 is 4.79 Å². The van der Waals surface area contributed by atoms with E-state index < -0.39 is 0 Å². The summed E-state index contributed by atoms with van der Waals surface area (Å²) in [4.78, 5) is 11.9. The SMILES string of the molecule is Cc1cc(C(=O)N/N=C2/CCCc3ccccc32)n[nH]1. The van der Waals surface area contributed by atoms with Crippen LogP contribution in [0.5, 0.6) is 0 Å². The van der Waals surface area contributed by atoms with Gasteiger partial charge < -0.3 is 0 Å². The van der Waals surface area contributed by atoms with Crippen molar-refractivity contribution in [2.24, 2.45) is 5.10 Å². The average Bonchev–Trinajstić information content (AvgIpc) is 2.91. The number of carbonyl (C=O) groups is 1. The molecule has 0 atom stereocenters. The number of amides is 1. The highest BCUT2D eigenvalue weighted by Gasteiger charge is 2.15. The standard InChI is InChI=1S/C15H16N4O/c1-10-9-14(18-16-10)15(20)19-17-13-8-4-6-11-5-2-3-7-12(11)13/h2-3,5,7,9H,4,6,8H2,1H3,(H,16,18)(H,19,20)/b17-13-. The Hall–Kier alpha value is -2.43. The smallest absolute Gasteiger partial charge is 0.282 e. The zero-order chi connectivity index (χ0) is 13.9. The number of aromatic nitrogens is 2. The molecule has 1 aliphatic carbocycles. The largest absolute Gasteiger partial charge is 0.291 e. The molecular formula is C15H16N4O. The van der Waals surface area contributed by atoms with E-state index in [0.29, 0.717) is 5.69 Å². The lowest BCUT2D eigenvalue weighted by Gasteiger charge is -2.17. The highest BCUT2D eigenvalue weighted by molar-refractivity contribution is 6.03. The molecule has 0 saturated carbocycles. The van der Waals surface area contributed by atoms with Crippen LogP contribution in [0, 0.1) is 6.92 Å². The molecule has 1 aromatic carbocycles. The molecule has 1 aromatic heterocycles. The molecule has 1 amide bonds. The first-order valence-electron chi connectivity index (χ1n) is 6.71. The molecule has 0 fully saturated rings. The molecule has 5 nitrogen and oxygen atoms in total. The van der Waals surface area contributed by atoms with Crippen molar-refractivity contribution in [2.45, 2.75) is 26.2 Å². The van der Waals surface area contributed by atoms with Gasteiger partial charge in [-0.15, -0.1) is 0 Å². The molecule has 0 bridgehead atoms. The number of rotatable bonds is 2. The van der Waals surface area contributed by atoms with Crippen molar-refractivity contribution in [3.63, 3.8) is 0 Å². The van der Waals surface area contributed by atoms with Crippen molar-refractivity contribution in [3.05, 3.63) is 52.8 Å². The van der Waals surface area contributed by atoms with E-state index >= 15 is 0 Å². The zero-order valence-corrected chi connectivity index (χ0v) is 11.3. The molecule has 0 saturated heterocycles. The summed E-state index contributed by atoms with van der Waals surface area (Å²) >= 11 is 0. The molecule has 20 heavy (non-hydrogen) atoms. The van der Waals surface area contributed by atoms with Crippen LogP contribution in [-0.4, -0.2) is 21.8 Å². The van der Waals surface area contributed by atoms with E-state index in [1.54, 1.807) is 6.07 Å². The van der Waals surface area contributed by atoms with E-state index in [9.17, 15) is 4.79 Å². The summed E-state index contributed by atoms with van der Waals surface area (Å²) in [7, 11) is 0. The minimum Gasteiger partial charge on any atom is -0.282 e. The third-order valence-corrected chi connectivity index (χ3v) is 3.42. The molecule has 2 aromatic rings. The Morgan fingerprint density at radius 2 is 2.20 bits per heavy atom. The number of hydrogen-bond acceptors (Lipinski definition) is 3. The number of aryl methyl sites for hydroxylation is 2. The van der Waals surface area contributed by atoms with E-state index in [4.69, 9.17) is 0 Å². The summed E-state index contributed by atoms with van der Waals surface area (Å²) in [5, 5.41) is 10.9.